The fourth-order valence-electron chi connectivity index (χ4n) is 2.74. The molecule has 2 aliphatic rings. The number of halogens is 2. The number of likely N-dealkylation sites (tertiary alicyclic amines) is 1. The molecule has 3 nitrogen and oxygen atoms in total. The van der Waals surface area contributed by atoms with Crippen LogP contribution in [-0.2, 0) is 16.0 Å². The predicted molar refractivity (Wildman–Crippen MR) is 65.5 cm³/mol. The quantitative estimate of drug-likeness (QED) is 0.822. The van der Waals surface area contributed by atoms with Gasteiger partial charge in [0.15, 0.2) is 5.79 Å². The second-order valence-corrected chi connectivity index (χ2v) is 5.12. The van der Waals surface area contributed by atoms with Crippen LogP contribution in [0.5, 0.6) is 0 Å². The van der Waals surface area contributed by atoms with E-state index in [4.69, 9.17) is 9.47 Å². The molecule has 0 aliphatic carbocycles. The van der Waals surface area contributed by atoms with Crippen molar-refractivity contribution in [2.75, 3.05) is 26.3 Å². The van der Waals surface area contributed by atoms with Gasteiger partial charge in [0.05, 0.1) is 13.2 Å². The SMILES string of the molecule is Fc1ccc(F)c(CN2CCC3(CC2)OCCO3)c1. The highest BCUT2D eigenvalue weighted by Gasteiger charge is 2.39. The smallest absolute Gasteiger partial charge is 0.170 e. The van der Waals surface area contributed by atoms with Crippen LogP contribution < -0.4 is 0 Å². The largest absolute Gasteiger partial charge is 0.347 e. The zero-order chi connectivity index (χ0) is 13.3. The summed E-state index contributed by atoms with van der Waals surface area (Å²) in [6.07, 6.45) is 1.56. The van der Waals surface area contributed by atoms with Gasteiger partial charge in [0.25, 0.3) is 0 Å². The van der Waals surface area contributed by atoms with E-state index in [2.05, 4.69) is 4.90 Å². The van der Waals surface area contributed by atoms with Crippen LogP contribution >= 0.6 is 0 Å². The van der Waals surface area contributed by atoms with Crippen molar-refractivity contribution in [3.63, 3.8) is 0 Å². The standard InChI is InChI=1S/C14H17F2NO2/c15-12-1-2-13(16)11(9-12)10-17-5-3-14(4-6-17)18-7-8-19-14/h1-2,9H,3-8,10H2. The Morgan fingerprint density at radius 3 is 2.47 bits per heavy atom. The third kappa shape index (κ3) is 2.78. The lowest BCUT2D eigenvalue weighted by Crippen LogP contribution is -2.44. The molecule has 1 spiro atoms. The van der Waals surface area contributed by atoms with Gasteiger partial charge in [0.1, 0.15) is 11.6 Å². The number of ether oxygens (including phenoxy) is 2. The van der Waals surface area contributed by atoms with E-state index in [1.807, 2.05) is 0 Å². The maximum absolute atomic E-state index is 13.6. The number of hydrogen-bond acceptors (Lipinski definition) is 3. The first-order valence-corrected chi connectivity index (χ1v) is 6.61. The van der Waals surface area contributed by atoms with Gasteiger partial charge in [-0.05, 0) is 18.2 Å². The summed E-state index contributed by atoms with van der Waals surface area (Å²) in [5.41, 5.74) is 0.407. The van der Waals surface area contributed by atoms with E-state index in [9.17, 15) is 8.78 Å². The summed E-state index contributed by atoms with van der Waals surface area (Å²) in [6.45, 7) is 3.28. The van der Waals surface area contributed by atoms with E-state index in [0.29, 0.717) is 25.3 Å². The minimum absolute atomic E-state index is 0.352. The lowest BCUT2D eigenvalue weighted by molar-refractivity contribution is -0.185. The van der Waals surface area contributed by atoms with Crippen molar-refractivity contribution in [2.24, 2.45) is 0 Å². The molecule has 0 unspecified atom stereocenters. The van der Waals surface area contributed by atoms with Gasteiger partial charge in [-0.3, -0.25) is 4.90 Å². The summed E-state index contributed by atoms with van der Waals surface area (Å²) in [4.78, 5) is 2.11. The van der Waals surface area contributed by atoms with Crippen LogP contribution in [0.25, 0.3) is 0 Å². The van der Waals surface area contributed by atoms with Crippen LogP contribution in [0.3, 0.4) is 0 Å². The number of benzene rings is 1. The third-order valence-corrected chi connectivity index (χ3v) is 3.83. The molecule has 0 N–H and O–H groups in total. The Kier molecular flexibility index (Phi) is 3.52. The van der Waals surface area contributed by atoms with Crippen LogP contribution in [0.15, 0.2) is 18.2 Å². The molecule has 5 heteroatoms. The Morgan fingerprint density at radius 2 is 1.79 bits per heavy atom. The molecule has 2 saturated heterocycles. The summed E-state index contributed by atoms with van der Waals surface area (Å²) in [7, 11) is 0. The zero-order valence-corrected chi connectivity index (χ0v) is 10.7. The molecule has 0 aromatic heterocycles. The number of rotatable bonds is 2. The van der Waals surface area contributed by atoms with Crippen LogP contribution in [0, 0.1) is 11.6 Å². The number of hydrogen-bond donors (Lipinski definition) is 0. The van der Waals surface area contributed by atoms with Crippen molar-refractivity contribution in [1.82, 2.24) is 4.90 Å². The molecular weight excluding hydrogens is 252 g/mol. The van der Waals surface area contributed by atoms with Gasteiger partial charge in [-0.1, -0.05) is 0 Å². The first kappa shape index (κ1) is 13.0. The van der Waals surface area contributed by atoms with Crippen LogP contribution in [0.1, 0.15) is 18.4 Å². The minimum Gasteiger partial charge on any atom is -0.347 e. The predicted octanol–water partition coefficient (Wildman–Crippen LogP) is 2.30. The third-order valence-electron chi connectivity index (χ3n) is 3.83. The van der Waals surface area contributed by atoms with Gasteiger partial charge in [-0.25, -0.2) is 8.78 Å². The second kappa shape index (κ2) is 5.15. The second-order valence-electron chi connectivity index (χ2n) is 5.12. The molecule has 3 rings (SSSR count). The van der Waals surface area contributed by atoms with Gasteiger partial charge < -0.3 is 9.47 Å². The summed E-state index contributed by atoms with van der Waals surface area (Å²) in [5.74, 6) is -1.17. The summed E-state index contributed by atoms with van der Waals surface area (Å²) >= 11 is 0. The highest BCUT2D eigenvalue weighted by molar-refractivity contribution is 5.18. The normalized spacial score (nSPS) is 23.1. The van der Waals surface area contributed by atoms with Gasteiger partial charge >= 0.3 is 0 Å². The van der Waals surface area contributed by atoms with Crippen molar-refractivity contribution in [3.05, 3.63) is 35.4 Å². The average Bonchev–Trinajstić information content (AvgIpc) is 2.85. The molecule has 2 heterocycles. The molecule has 2 fully saturated rings. The van der Waals surface area contributed by atoms with Gasteiger partial charge in [0.2, 0.25) is 0 Å². The summed E-state index contributed by atoms with van der Waals surface area (Å²) in [5, 5.41) is 0. The average molecular weight is 269 g/mol. The monoisotopic (exact) mass is 269 g/mol. The highest BCUT2D eigenvalue weighted by atomic mass is 19.1. The van der Waals surface area contributed by atoms with E-state index >= 15 is 0 Å². The van der Waals surface area contributed by atoms with Crippen molar-refractivity contribution in [1.29, 1.82) is 0 Å². The molecule has 0 saturated carbocycles. The molecule has 0 bridgehead atoms. The maximum Gasteiger partial charge on any atom is 0.170 e. The molecular formula is C14H17F2NO2. The minimum atomic E-state index is -0.420. The van der Waals surface area contributed by atoms with E-state index in [1.165, 1.54) is 12.1 Å². The van der Waals surface area contributed by atoms with Crippen LogP contribution in [0.2, 0.25) is 0 Å². The lowest BCUT2D eigenvalue weighted by atomic mass is 10.0. The molecule has 1 aromatic rings. The molecule has 104 valence electrons. The highest BCUT2D eigenvalue weighted by Crippen LogP contribution is 2.31. The Bertz CT molecular complexity index is 451. The molecule has 0 atom stereocenters. The fraction of sp³-hybridized carbons (Fsp3) is 0.571. The number of nitrogens with zero attached hydrogens (tertiary/aromatic N) is 1. The first-order chi connectivity index (χ1) is 9.17. The summed E-state index contributed by atoms with van der Waals surface area (Å²) in [6, 6.07) is 3.59. The van der Waals surface area contributed by atoms with E-state index < -0.39 is 11.6 Å². The Balaban J connectivity index is 1.61. The van der Waals surface area contributed by atoms with Gasteiger partial charge in [-0.2, -0.15) is 0 Å². The Labute approximate surface area is 111 Å². The molecule has 0 amide bonds. The van der Waals surface area contributed by atoms with E-state index in [0.717, 1.165) is 32.0 Å². The van der Waals surface area contributed by atoms with Crippen molar-refractivity contribution in [2.45, 2.75) is 25.2 Å². The van der Waals surface area contributed by atoms with Crippen molar-refractivity contribution in [3.8, 4) is 0 Å². The van der Waals surface area contributed by atoms with Crippen LogP contribution in [-0.4, -0.2) is 37.0 Å². The van der Waals surface area contributed by atoms with E-state index in [-0.39, 0.29) is 5.82 Å². The van der Waals surface area contributed by atoms with Gasteiger partial charge in [0, 0.05) is 38.0 Å². The Hall–Kier alpha value is -1.04. The molecule has 2 aliphatic heterocycles. The fourth-order valence-corrected chi connectivity index (χ4v) is 2.74. The maximum atomic E-state index is 13.6. The molecule has 1 aromatic carbocycles. The summed E-state index contributed by atoms with van der Waals surface area (Å²) < 4.78 is 38.0. The van der Waals surface area contributed by atoms with Crippen molar-refractivity contribution >= 4 is 0 Å². The van der Waals surface area contributed by atoms with Crippen LogP contribution in [0.4, 0.5) is 8.78 Å². The lowest BCUT2D eigenvalue weighted by Gasteiger charge is -2.37. The molecule has 19 heavy (non-hydrogen) atoms. The zero-order valence-electron chi connectivity index (χ0n) is 10.7. The topological polar surface area (TPSA) is 21.7 Å². The van der Waals surface area contributed by atoms with Gasteiger partial charge in [-0.15, -0.1) is 0 Å². The van der Waals surface area contributed by atoms with E-state index in [1.54, 1.807) is 0 Å². The first-order valence-electron chi connectivity index (χ1n) is 6.61. The number of piperidine rings is 1. The van der Waals surface area contributed by atoms with Crippen molar-refractivity contribution < 1.29 is 18.3 Å². The molecule has 0 radical (unpaired) electrons. The Morgan fingerprint density at radius 1 is 1.11 bits per heavy atom.